The van der Waals surface area contributed by atoms with Crippen molar-refractivity contribution in [3.63, 3.8) is 0 Å². The zero-order valence-electron chi connectivity index (χ0n) is 19.9. The number of aromatic amines is 1. The molecule has 0 bridgehead atoms. The molecule has 1 amide bonds. The van der Waals surface area contributed by atoms with Crippen molar-refractivity contribution in [3.8, 4) is 11.4 Å². The van der Waals surface area contributed by atoms with Crippen LogP contribution < -0.4 is 16.0 Å². The van der Waals surface area contributed by atoms with Crippen molar-refractivity contribution >= 4 is 12.1 Å². The van der Waals surface area contributed by atoms with E-state index in [9.17, 15) is 4.79 Å². The summed E-state index contributed by atoms with van der Waals surface area (Å²) in [6, 6.07) is 8.09. The second-order valence-electron chi connectivity index (χ2n) is 8.60. The Morgan fingerprint density at radius 3 is 2.72 bits per heavy atom. The van der Waals surface area contributed by atoms with Gasteiger partial charge in [-0.15, -0.1) is 0 Å². The molecule has 1 aromatic heterocycles. The van der Waals surface area contributed by atoms with Gasteiger partial charge in [0.15, 0.2) is 11.8 Å². The van der Waals surface area contributed by atoms with Crippen molar-refractivity contribution in [2.24, 2.45) is 4.99 Å². The van der Waals surface area contributed by atoms with Crippen molar-refractivity contribution in [1.82, 2.24) is 31.1 Å². The van der Waals surface area contributed by atoms with Gasteiger partial charge in [-0.3, -0.25) is 5.10 Å². The highest BCUT2D eigenvalue weighted by atomic mass is 16.6. The number of hydrogen-bond acceptors (Lipinski definition) is 5. The van der Waals surface area contributed by atoms with Gasteiger partial charge in [0.05, 0.1) is 6.54 Å². The summed E-state index contributed by atoms with van der Waals surface area (Å²) >= 11 is 0. The van der Waals surface area contributed by atoms with Crippen LogP contribution in [0.5, 0.6) is 0 Å². The predicted octanol–water partition coefficient (Wildman–Crippen LogP) is 3.61. The first-order valence-corrected chi connectivity index (χ1v) is 11.3. The van der Waals surface area contributed by atoms with Gasteiger partial charge in [0.25, 0.3) is 0 Å². The molecule has 0 radical (unpaired) electrons. The molecule has 9 nitrogen and oxygen atoms in total. The number of unbranched alkanes of at least 4 members (excludes halogenated alkanes) is 1. The summed E-state index contributed by atoms with van der Waals surface area (Å²) in [6.45, 7) is 11.5. The molecular formula is C23H37N7O2. The van der Waals surface area contributed by atoms with E-state index >= 15 is 0 Å². The number of amides is 1. The van der Waals surface area contributed by atoms with E-state index in [1.807, 2.05) is 52.0 Å². The van der Waals surface area contributed by atoms with E-state index in [4.69, 9.17) is 9.73 Å². The second-order valence-corrected chi connectivity index (χ2v) is 8.60. The molecule has 32 heavy (non-hydrogen) atoms. The topological polar surface area (TPSA) is 116 Å². The minimum absolute atomic E-state index is 0.0424. The Balaban J connectivity index is 2.03. The molecule has 176 valence electrons. The lowest BCUT2D eigenvalue weighted by Gasteiger charge is -2.24. The quantitative estimate of drug-likeness (QED) is 0.329. The number of carbonyl (C=O) groups is 1. The number of aromatic nitrogens is 3. The largest absolute Gasteiger partial charge is 0.444 e. The Bertz CT molecular complexity index is 844. The van der Waals surface area contributed by atoms with E-state index in [1.54, 1.807) is 0 Å². The number of ether oxygens (including phenoxy) is 1. The number of H-pyrrole nitrogens is 1. The second kappa shape index (κ2) is 12.7. The van der Waals surface area contributed by atoms with Gasteiger partial charge in [0, 0.05) is 24.7 Å². The van der Waals surface area contributed by atoms with Gasteiger partial charge in [-0.05, 0) is 45.7 Å². The van der Waals surface area contributed by atoms with Crippen LogP contribution in [-0.4, -0.2) is 52.0 Å². The molecule has 9 heteroatoms. The van der Waals surface area contributed by atoms with Crippen molar-refractivity contribution in [1.29, 1.82) is 0 Å². The average molecular weight is 444 g/mol. The monoisotopic (exact) mass is 443 g/mol. The highest BCUT2D eigenvalue weighted by Gasteiger charge is 2.18. The number of alkyl carbamates (subject to hydrolysis) is 1. The summed E-state index contributed by atoms with van der Waals surface area (Å²) in [4.78, 5) is 21.0. The normalized spacial score (nSPS) is 12.8. The molecule has 2 aromatic rings. The SMILES string of the molecule is CCCCC(CNC(=O)OC(C)(C)C)NC(=NCc1cccc(-c2ncn[nH]2)c1)NCC. The first kappa shape index (κ1) is 25.2. The standard InChI is InChI=1S/C23H37N7O2/c1-6-8-12-19(15-26-22(31)32-23(3,4)5)29-21(24-7-2)25-14-17-10-9-11-18(13-17)20-27-16-28-30-20/h9-11,13,16,19H,6-8,12,14-15H2,1-5H3,(H,26,31)(H2,24,25,29)(H,27,28,30). The van der Waals surface area contributed by atoms with Gasteiger partial charge < -0.3 is 20.7 Å². The van der Waals surface area contributed by atoms with Crippen LogP contribution in [-0.2, 0) is 11.3 Å². The fraction of sp³-hybridized carbons (Fsp3) is 0.565. The molecule has 1 unspecified atom stereocenters. The van der Waals surface area contributed by atoms with E-state index in [0.717, 1.165) is 42.8 Å². The minimum atomic E-state index is -0.521. The lowest BCUT2D eigenvalue weighted by molar-refractivity contribution is 0.0522. The van der Waals surface area contributed by atoms with E-state index in [2.05, 4.69) is 38.1 Å². The fourth-order valence-electron chi connectivity index (χ4n) is 3.04. The summed E-state index contributed by atoms with van der Waals surface area (Å²) in [5.41, 5.74) is 1.51. The Morgan fingerprint density at radius 2 is 2.06 bits per heavy atom. The molecule has 2 rings (SSSR count). The van der Waals surface area contributed by atoms with Gasteiger partial charge >= 0.3 is 6.09 Å². The van der Waals surface area contributed by atoms with Gasteiger partial charge in [0.1, 0.15) is 11.9 Å². The van der Waals surface area contributed by atoms with Crippen LogP contribution in [0.1, 0.15) is 59.4 Å². The number of benzene rings is 1. The van der Waals surface area contributed by atoms with Gasteiger partial charge in [-0.25, -0.2) is 14.8 Å². The number of hydrogen-bond donors (Lipinski definition) is 4. The minimum Gasteiger partial charge on any atom is -0.444 e. The summed E-state index contributed by atoms with van der Waals surface area (Å²) in [7, 11) is 0. The summed E-state index contributed by atoms with van der Waals surface area (Å²) in [5, 5.41) is 16.4. The van der Waals surface area contributed by atoms with Crippen molar-refractivity contribution in [2.75, 3.05) is 13.1 Å². The summed E-state index contributed by atoms with van der Waals surface area (Å²) in [6.07, 6.45) is 4.12. The molecule has 0 aliphatic carbocycles. The van der Waals surface area contributed by atoms with Gasteiger partial charge in [0.2, 0.25) is 0 Å². The smallest absolute Gasteiger partial charge is 0.407 e. The molecule has 0 aliphatic rings. The summed E-state index contributed by atoms with van der Waals surface area (Å²) < 4.78 is 5.36. The Kier molecular flexibility index (Phi) is 9.97. The van der Waals surface area contributed by atoms with E-state index in [-0.39, 0.29) is 6.04 Å². The molecule has 1 atom stereocenters. The maximum Gasteiger partial charge on any atom is 0.407 e. The number of aliphatic imine (C=N–C) groups is 1. The van der Waals surface area contributed by atoms with E-state index < -0.39 is 11.7 Å². The number of rotatable bonds is 10. The van der Waals surface area contributed by atoms with Gasteiger partial charge in [-0.2, -0.15) is 5.10 Å². The molecule has 0 spiro atoms. The number of nitrogens with one attached hydrogen (secondary N) is 4. The average Bonchev–Trinajstić information content (AvgIpc) is 3.28. The predicted molar refractivity (Wildman–Crippen MR) is 127 cm³/mol. The maximum atomic E-state index is 12.1. The molecule has 0 saturated carbocycles. The van der Waals surface area contributed by atoms with Crippen LogP contribution in [0.3, 0.4) is 0 Å². The fourth-order valence-corrected chi connectivity index (χ4v) is 3.04. The Labute approximate surface area is 190 Å². The molecule has 1 aromatic carbocycles. The Hall–Kier alpha value is -3.10. The molecule has 0 saturated heterocycles. The van der Waals surface area contributed by atoms with Crippen LogP contribution in [0, 0.1) is 0 Å². The molecular weight excluding hydrogens is 406 g/mol. The Morgan fingerprint density at radius 1 is 1.25 bits per heavy atom. The maximum absolute atomic E-state index is 12.1. The van der Waals surface area contributed by atoms with Gasteiger partial charge in [-0.1, -0.05) is 38.0 Å². The van der Waals surface area contributed by atoms with Crippen molar-refractivity contribution in [3.05, 3.63) is 36.2 Å². The highest BCUT2D eigenvalue weighted by Crippen LogP contribution is 2.16. The summed E-state index contributed by atoms with van der Waals surface area (Å²) in [5.74, 6) is 1.44. The highest BCUT2D eigenvalue weighted by molar-refractivity contribution is 5.80. The zero-order valence-corrected chi connectivity index (χ0v) is 19.9. The van der Waals surface area contributed by atoms with E-state index in [0.29, 0.717) is 19.0 Å². The van der Waals surface area contributed by atoms with Crippen LogP contribution in [0.15, 0.2) is 35.6 Å². The van der Waals surface area contributed by atoms with Crippen LogP contribution in [0.4, 0.5) is 4.79 Å². The first-order chi connectivity index (χ1) is 15.3. The third kappa shape index (κ3) is 9.36. The lowest BCUT2D eigenvalue weighted by Crippen LogP contribution is -2.49. The number of guanidine groups is 1. The first-order valence-electron chi connectivity index (χ1n) is 11.3. The number of carbonyl (C=O) groups excluding carboxylic acids is 1. The van der Waals surface area contributed by atoms with Crippen LogP contribution >= 0.6 is 0 Å². The third-order valence-corrected chi connectivity index (χ3v) is 4.52. The number of nitrogens with zero attached hydrogens (tertiary/aromatic N) is 3. The van der Waals surface area contributed by atoms with E-state index in [1.165, 1.54) is 6.33 Å². The van der Waals surface area contributed by atoms with Crippen molar-refractivity contribution in [2.45, 2.75) is 72.1 Å². The molecule has 1 heterocycles. The molecule has 4 N–H and O–H groups in total. The van der Waals surface area contributed by atoms with Crippen molar-refractivity contribution < 1.29 is 9.53 Å². The molecule has 0 fully saturated rings. The third-order valence-electron chi connectivity index (χ3n) is 4.52. The van der Waals surface area contributed by atoms with Crippen LogP contribution in [0.2, 0.25) is 0 Å². The lowest BCUT2D eigenvalue weighted by atomic mass is 10.1. The molecule has 0 aliphatic heterocycles. The zero-order chi connectivity index (χ0) is 23.4. The van der Waals surface area contributed by atoms with Crippen LogP contribution in [0.25, 0.3) is 11.4 Å².